The number of carbonyl (C=O) groups is 1. The lowest BCUT2D eigenvalue weighted by atomic mass is 9.65. The highest BCUT2D eigenvalue weighted by molar-refractivity contribution is 5.93. The molecule has 1 nitrogen and oxygen atoms in total. The Morgan fingerprint density at radius 3 is 2.73 bits per heavy atom. The van der Waals surface area contributed by atoms with Crippen LogP contribution in [0.4, 0.5) is 0 Å². The first-order valence-corrected chi connectivity index (χ1v) is 8.23. The molecule has 2 aromatic rings. The van der Waals surface area contributed by atoms with E-state index in [1.807, 2.05) is 0 Å². The highest BCUT2D eigenvalue weighted by atomic mass is 16.1. The van der Waals surface area contributed by atoms with Crippen LogP contribution in [0.5, 0.6) is 0 Å². The number of fused-ring (bicyclic) bond motifs is 5. The van der Waals surface area contributed by atoms with Crippen molar-refractivity contribution in [2.24, 2.45) is 17.3 Å². The maximum absolute atomic E-state index is 12.2. The first-order chi connectivity index (χ1) is 10.5. The van der Waals surface area contributed by atoms with Crippen LogP contribution in [0.15, 0.2) is 42.5 Å². The van der Waals surface area contributed by atoms with E-state index in [2.05, 4.69) is 62.4 Å². The van der Waals surface area contributed by atoms with Gasteiger partial charge in [-0.05, 0) is 47.1 Å². The van der Waals surface area contributed by atoms with Gasteiger partial charge in [-0.1, -0.05) is 62.4 Å². The predicted molar refractivity (Wildman–Crippen MR) is 91.8 cm³/mol. The lowest BCUT2D eigenvalue weighted by Gasteiger charge is -2.37. The average molecular weight is 290 g/mol. The minimum atomic E-state index is -0.0271. The van der Waals surface area contributed by atoms with Gasteiger partial charge in [0.05, 0.1) is 0 Å². The van der Waals surface area contributed by atoms with Crippen LogP contribution >= 0.6 is 0 Å². The number of allylic oxidation sites excluding steroid dienone is 1. The first kappa shape index (κ1) is 13.8. The van der Waals surface area contributed by atoms with E-state index in [0.717, 1.165) is 6.42 Å². The van der Waals surface area contributed by atoms with Crippen molar-refractivity contribution in [3.8, 4) is 0 Å². The molecule has 4 rings (SSSR count). The molecule has 0 bridgehead atoms. The zero-order valence-electron chi connectivity index (χ0n) is 13.5. The number of ketones is 1. The second-order valence-corrected chi connectivity index (χ2v) is 7.34. The molecule has 0 aromatic heterocycles. The standard InChI is InChI=1S/C21H22O/c1-13-12-19-18-9-8-15-6-4-5-7-16(15)17(18)10-11-21(19,3)20(13)14(2)22/h4-11,13,19-20H,12H2,1-3H3/t13-,19+,20-,21+/m1/s1. The summed E-state index contributed by atoms with van der Waals surface area (Å²) in [6.45, 7) is 6.28. The number of hydrogen-bond acceptors (Lipinski definition) is 1. The van der Waals surface area contributed by atoms with Gasteiger partial charge in [0.25, 0.3) is 0 Å². The van der Waals surface area contributed by atoms with Crippen molar-refractivity contribution >= 4 is 22.6 Å². The molecule has 4 atom stereocenters. The molecule has 22 heavy (non-hydrogen) atoms. The predicted octanol–water partition coefficient (Wildman–Crippen LogP) is 5.20. The van der Waals surface area contributed by atoms with E-state index in [4.69, 9.17) is 0 Å². The third-order valence-electron chi connectivity index (χ3n) is 6.02. The monoisotopic (exact) mass is 290 g/mol. The van der Waals surface area contributed by atoms with Gasteiger partial charge < -0.3 is 0 Å². The maximum atomic E-state index is 12.2. The van der Waals surface area contributed by atoms with Crippen LogP contribution in [0, 0.1) is 17.3 Å². The van der Waals surface area contributed by atoms with E-state index in [9.17, 15) is 4.79 Å². The molecule has 0 unspecified atom stereocenters. The minimum Gasteiger partial charge on any atom is -0.300 e. The SMILES string of the molecule is CC(=O)[C@H]1[C@H](C)C[C@H]2c3ccc4ccccc4c3C=C[C@@]21C. The third kappa shape index (κ3) is 1.68. The number of hydrogen-bond donors (Lipinski definition) is 0. The zero-order chi connectivity index (χ0) is 15.5. The summed E-state index contributed by atoms with van der Waals surface area (Å²) < 4.78 is 0. The summed E-state index contributed by atoms with van der Waals surface area (Å²) in [5.74, 6) is 1.40. The van der Waals surface area contributed by atoms with Gasteiger partial charge in [-0.2, -0.15) is 0 Å². The normalized spacial score (nSPS) is 32.8. The van der Waals surface area contributed by atoms with Crippen LogP contribution in [-0.4, -0.2) is 5.78 Å². The van der Waals surface area contributed by atoms with Gasteiger partial charge in [0.1, 0.15) is 5.78 Å². The highest BCUT2D eigenvalue weighted by Gasteiger charge is 2.52. The Hall–Kier alpha value is -1.89. The van der Waals surface area contributed by atoms with Gasteiger partial charge in [-0.3, -0.25) is 4.79 Å². The second kappa shape index (κ2) is 4.55. The van der Waals surface area contributed by atoms with Gasteiger partial charge in [0.2, 0.25) is 0 Å². The van der Waals surface area contributed by atoms with Crippen LogP contribution in [0.25, 0.3) is 16.8 Å². The third-order valence-corrected chi connectivity index (χ3v) is 6.02. The summed E-state index contributed by atoms with van der Waals surface area (Å²) in [5, 5.41) is 2.63. The van der Waals surface area contributed by atoms with Crippen LogP contribution < -0.4 is 0 Å². The molecule has 0 N–H and O–H groups in total. The molecule has 2 aromatic carbocycles. The molecule has 2 aliphatic rings. The number of carbonyl (C=O) groups excluding carboxylic acids is 1. The number of rotatable bonds is 1. The van der Waals surface area contributed by atoms with Gasteiger partial charge in [0, 0.05) is 11.3 Å². The lowest BCUT2D eigenvalue weighted by Crippen LogP contribution is -2.33. The molecular formula is C21H22O. The van der Waals surface area contributed by atoms with E-state index in [0.29, 0.717) is 17.6 Å². The largest absolute Gasteiger partial charge is 0.300 e. The molecule has 1 fully saturated rings. The fourth-order valence-electron chi connectivity index (χ4n) is 5.18. The van der Waals surface area contributed by atoms with Gasteiger partial charge in [-0.25, -0.2) is 0 Å². The van der Waals surface area contributed by atoms with E-state index in [1.165, 1.54) is 21.9 Å². The summed E-state index contributed by atoms with van der Waals surface area (Å²) in [6, 6.07) is 13.1. The second-order valence-electron chi connectivity index (χ2n) is 7.34. The maximum Gasteiger partial charge on any atom is 0.134 e. The Morgan fingerprint density at radius 2 is 1.95 bits per heavy atom. The van der Waals surface area contributed by atoms with Gasteiger partial charge >= 0.3 is 0 Å². The molecule has 1 saturated carbocycles. The van der Waals surface area contributed by atoms with Crippen molar-refractivity contribution < 1.29 is 4.79 Å². The van der Waals surface area contributed by atoms with Crippen molar-refractivity contribution in [1.29, 1.82) is 0 Å². The van der Waals surface area contributed by atoms with Crippen molar-refractivity contribution in [3.05, 3.63) is 53.6 Å². The van der Waals surface area contributed by atoms with E-state index < -0.39 is 0 Å². The Bertz CT molecular complexity index is 801. The minimum absolute atomic E-state index is 0.0271. The van der Waals surface area contributed by atoms with E-state index >= 15 is 0 Å². The molecular weight excluding hydrogens is 268 g/mol. The summed E-state index contributed by atoms with van der Waals surface area (Å²) in [5.41, 5.74) is 2.76. The lowest BCUT2D eigenvalue weighted by molar-refractivity contribution is -0.124. The fraction of sp³-hybridized carbons (Fsp3) is 0.381. The van der Waals surface area contributed by atoms with Crippen molar-refractivity contribution in [2.45, 2.75) is 33.1 Å². The Morgan fingerprint density at radius 1 is 1.18 bits per heavy atom. The van der Waals surface area contributed by atoms with Crippen molar-refractivity contribution in [2.75, 3.05) is 0 Å². The van der Waals surface area contributed by atoms with Crippen LogP contribution in [0.1, 0.15) is 44.2 Å². The quantitative estimate of drug-likeness (QED) is 0.705. The van der Waals surface area contributed by atoms with Crippen LogP contribution in [-0.2, 0) is 4.79 Å². The summed E-state index contributed by atoms with van der Waals surface area (Å²) in [4.78, 5) is 12.2. The Balaban J connectivity index is 1.94. The molecule has 0 amide bonds. The van der Waals surface area contributed by atoms with Crippen LogP contribution in [0.2, 0.25) is 0 Å². The molecule has 0 saturated heterocycles. The van der Waals surface area contributed by atoms with Gasteiger partial charge in [-0.15, -0.1) is 0 Å². The van der Waals surface area contributed by atoms with Crippen molar-refractivity contribution in [1.82, 2.24) is 0 Å². The summed E-state index contributed by atoms with van der Waals surface area (Å²) in [7, 11) is 0. The topological polar surface area (TPSA) is 17.1 Å². The van der Waals surface area contributed by atoms with E-state index in [1.54, 1.807) is 6.92 Å². The van der Waals surface area contributed by atoms with E-state index in [-0.39, 0.29) is 11.3 Å². The Labute approximate surface area is 132 Å². The molecule has 1 heteroatoms. The fourth-order valence-corrected chi connectivity index (χ4v) is 5.18. The first-order valence-electron chi connectivity index (χ1n) is 8.23. The molecule has 2 aliphatic carbocycles. The summed E-state index contributed by atoms with van der Waals surface area (Å²) >= 11 is 0. The van der Waals surface area contributed by atoms with Crippen molar-refractivity contribution in [3.63, 3.8) is 0 Å². The summed E-state index contributed by atoms with van der Waals surface area (Å²) in [6.07, 6.45) is 5.70. The average Bonchev–Trinajstić information content (AvgIpc) is 2.77. The molecule has 0 radical (unpaired) electrons. The van der Waals surface area contributed by atoms with Gasteiger partial charge in [0.15, 0.2) is 0 Å². The molecule has 0 spiro atoms. The molecule has 0 aliphatic heterocycles. The highest BCUT2D eigenvalue weighted by Crippen LogP contribution is 2.59. The Kier molecular flexibility index (Phi) is 2.84. The number of Topliss-reactive ketones (excluding diaryl/α,β-unsaturated/α-hetero) is 1. The molecule has 0 heterocycles. The smallest absolute Gasteiger partial charge is 0.134 e. The molecule has 112 valence electrons. The van der Waals surface area contributed by atoms with Crippen LogP contribution in [0.3, 0.4) is 0 Å². The zero-order valence-corrected chi connectivity index (χ0v) is 13.5. The number of benzene rings is 2.